The summed E-state index contributed by atoms with van der Waals surface area (Å²) in [5.41, 5.74) is 0.247. The van der Waals surface area contributed by atoms with Crippen LogP contribution in [0.25, 0.3) is 0 Å². The Balaban J connectivity index is 2.77. The van der Waals surface area contributed by atoms with E-state index in [1.54, 1.807) is 14.1 Å². The standard InChI is InChI=1S/C8H11N3O3/c1-10(2)8(14)6-3-4-11(9-6)5-7(12)13/h3-4H,5H2,1-2H3,(H,12,13). The third kappa shape index (κ3) is 2.32. The SMILES string of the molecule is CN(C)C(=O)c1ccn(CC(=O)O)n1. The number of hydrogen-bond donors (Lipinski definition) is 1. The first kappa shape index (κ1) is 10.2. The molecule has 0 aliphatic heterocycles. The number of carbonyl (C=O) groups is 2. The molecule has 6 heteroatoms. The van der Waals surface area contributed by atoms with Crippen molar-refractivity contribution in [3.05, 3.63) is 18.0 Å². The lowest BCUT2D eigenvalue weighted by Gasteiger charge is -2.06. The van der Waals surface area contributed by atoms with Crippen molar-refractivity contribution in [3.8, 4) is 0 Å². The Morgan fingerprint density at radius 1 is 1.57 bits per heavy atom. The highest BCUT2D eigenvalue weighted by Gasteiger charge is 2.11. The first-order chi connectivity index (χ1) is 6.50. The molecule has 1 aromatic heterocycles. The Hall–Kier alpha value is -1.85. The fraction of sp³-hybridized carbons (Fsp3) is 0.375. The van der Waals surface area contributed by atoms with Gasteiger partial charge < -0.3 is 10.0 Å². The van der Waals surface area contributed by atoms with Gasteiger partial charge in [-0.05, 0) is 6.07 Å². The number of aromatic nitrogens is 2. The molecule has 0 aliphatic carbocycles. The first-order valence-corrected chi connectivity index (χ1v) is 3.97. The van der Waals surface area contributed by atoms with E-state index in [-0.39, 0.29) is 18.1 Å². The van der Waals surface area contributed by atoms with Crippen molar-refractivity contribution < 1.29 is 14.7 Å². The van der Waals surface area contributed by atoms with E-state index in [0.29, 0.717) is 0 Å². The van der Waals surface area contributed by atoms with Crippen molar-refractivity contribution >= 4 is 11.9 Å². The monoisotopic (exact) mass is 197 g/mol. The summed E-state index contributed by atoms with van der Waals surface area (Å²) < 4.78 is 1.21. The summed E-state index contributed by atoms with van der Waals surface area (Å²) in [5.74, 6) is -1.23. The summed E-state index contributed by atoms with van der Waals surface area (Å²) in [5, 5.41) is 12.3. The highest BCUT2D eigenvalue weighted by Crippen LogP contribution is 1.98. The second-order valence-electron chi connectivity index (χ2n) is 2.99. The second-order valence-corrected chi connectivity index (χ2v) is 2.99. The molecule has 0 saturated heterocycles. The van der Waals surface area contributed by atoms with Gasteiger partial charge >= 0.3 is 5.97 Å². The number of hydrogen-bond acceptors (Lipinski definition) is 3. The Bertz CT molecular complexity index is 356. The fourth-order valence-corrected chi connectivity index (χ4v) is 0.931. The van der Waals surface area contributed by atoms with Crippen molar-refractivity contribution in [1.29, 1.82) is 0 Å². The molecule has 76 valence electrons. The molecule has 0 saturated carbocycles. The van der Waals surface area contributed by atoms with Crippen molar-refractivity contribution in [2.75, 3.05) is 14.1 Å². The maximum Gasteiger partial charge on any atom is 0.325 e. The molecule has 0 spiro atoms. The third-order valence-electron chi connectivity index (χ3n) is 1.56. The predicted molar refractivity (Wildman–Crippen MR) is 47.9 cm³/mol. The number of nitrogens with zero attached hydrogens (tertiary/aromatic N) is 3. The van der Waals surface area contributed by atoms with E-state index in [4.69, 9.17) is 5.11 Å². The number of amides is 1. The number of rotatable bonds is 3. The maximum atomic E-state index is 11.3. The molecule has 6 nitrogen and oxygen atoms in total. The smallest absolute Gasteiger partial charge is 0.325 e. The van der Waals surface area contributed by atoms with Crippen LogP contribution < -0.4 is 0 Å². The Kier molecular flexibility index (Phi) is 2.85. The molecule has 0 radical (unpaired) electrons. The van der Waals surface area contributed by atoms with E-state index in [0.717, 1.165) is 0 Å². The van der Waals surface area contributed by atoms with Gasteiger partial charge in [0.05, 0.1) is 0 Å². The van der Waals surface area contributed by atoms with Gasteiger partial charge in [-0.3, -0.25) is 14.3 Å². The Morgan fingerprint density at radius 2 is 2.21 bits per heavy atom. The van der Waals surface area contributed by atoms with Gasteiger partial charge in [0, 0.05) is 20.3 Å². The quantitative estimate of drug-likeness (QED) is 0.719. The highest BCUT2D eigenvalue weighted by molar-refractivity contribution is 5.91. The molecule has 1 amide bonds. The lowest BCUT2D eigenvalue weighted by atomic mass is 10.4. The van der Waals surface area contributed by atoms with E-state index in [2.05, 4.69) is 5.10 Å². The molecule has 14 heavy (non-hydrogen) atoms. The Morgan fingerprint density at radius 3 is 2.71 bits per heavy atom. The summed E-state index contributed by atoms with van der Waals surface area (Å²) in [6, 6.07) is 1.49. The van der Waals surface area contributed by atoms with Crippen molar-refractivity contribution in [2.45, 2.75) is 6.54 Å². The van der Waals surface area contributed by atoms with Crippen molar-refractivity contribution in [1.82, 2.24) is 14.7 Å². The lowest BCUT2D eigenvalue weighted by Crippen LogP contribution is -2.22. The minimum atomic E-state index is -0.989. The van der Waals surface area contributed by atoms with Crippen LogP contribution in [0.4, 0.5) is 0 Å². The average molecular weight is 197 g/mol. The normalized spacial score (nSPS) is 9.86. The number of carbonyl (C=O) groups excluding carboxylic acids is 1. The Labute approximate surface area is 80.7 Å². The van der Waals surface area contributed by atoms with Gasteiger partial charge in [0.2, 0.25) is 0 Å². The van der Waals surface area contributed by atoms with Crippen LogP contribution in [0.1, 0.15) is 10.5 Å². The minimum absolute atomic E-state index is 0.235. The summed E-state index contributed by atoms with van der Waals surface area (Å²) in [6.45, 7) is -0.235. The van der Waals surface area contributed by atoms with Crippen molar-refractivity contribution in [3.63, 3.8) is 0 Å². The molecule has 1 aromatic rings. The minimum Gasteiger partial charge on any atom is -0.480 e. The van der Waals surface area contributed by atoms with E-state index in [1.807, 2.05) is 0 Å². The molecular weight excluding hydrogens is 186 g/mol. The molecule has 1 heterocycles. The molecular formula is C8H11N3O3. The van der Waals surface area contributed by atoms with Crippen molar-refractivity contribution in [2.24, 2.45) is 0 Å². The first-order valence-electron chi connectivity index (χ1n) is 3.97. The van der Waals surface area contributed by atoms with Crippen LogP contribution in [0, 0.1) is 0 Å². The maximum absolute atomic E-state index is 11.3. The van der Waals surface area contributed by atoms with Crippen LogP contribution in [-0.4, -0.2) is 45.8 Å². The number of carboxylic acids is 1. The van der Waals surface area contributed by atoms with Gasteiger partial charge in [-0.2, -0.15) is 5.10 Å². The molecule has 0 atom stereocenters. The average Bonchev–Trinajstić information content (AvgIpc) is 2.50. The van der Waals surface area contributed by atoms with Gasteiger partial charge in [-0.25, -0.2) is 0 Å². The van der Waals surface area contributed by atoms with E-state index >= 15 is 0 Å². The van der Waals surface area contributed by atoms with Gasteiger partial charge in [0.15, 0.2) is 0 Å². The zero-order valence-corrected chi connectivity index (χ0v) is 7.97. The molecule has 1 N–H and O–H groups in total. The van der Waals surface area contributed by atoms with E-state index in [9.17, 15) is 9.59 Å². The topological polar surface area (TPSA) is 75.4 Å². The van der Waals surface area contributed by atoms with E-state index in [1.165, 1.54) is 21.8 Å². The van der Waals surface area contributed by atoms with Gasteiger partial charge in [-0.15, -0.1) is 0 Å². The zero-order valence-electron chi connectivity index (χ0n) is 7.97. The zero-order chi connectivity index (χ0) is 10.7. The second kappa shape index (κ2) is 3.91. The summed E-state index contributed by atoms with van der Waals surface area (Å²) in [7, 11) is 3.22. The number of carboxylic acid groups (broad SMARTS) is 1. The van der Waals surface area contributed by atoms with Crippen LogP contribution in [-0.2, 0) is 11.3 Å². The van der Waals surface area contributed by atoms with Gasteiger partial charge in [0.1, 0.15) is 12.2 Å². The molecule has 1 rings (SSSR count). The lowest BCUT2D eigenvalue weighted by molar-refractivity contribution is -0.137. The van der Waals surface area contributed by atoms with Crippen LogP contribution in [0.5, 0.6) is 0 Å². The third-order valence-corrected chi connectivity index (χ3v) is 1.56. The van der Waals surface area contributed by atoms with Crippen LogP contribution >= 0.6 is 0 Å². The predicted octanol–water partition coefficient (Wildman–Crippen LogP) is -0.330. The summed E-state index contributed by atoms with van der Waals surface area (Å²) in [4.78, 5) is 23.1. The fourth-order valence-electron chi connectivity index (χ4n) is 0.931. The van der Waals surface area contributed by atoms with E-state index < -0.39 is 5.97 Å². The van der Waals surface area contributed by atoms with Gasteiger partial charge in [-0.1, -0.05) is 0 Å². The summed E-state index contributed by atoms with van der Waals surface area (Å²) >= 11 is 0. The number of aliphatic carboxylic acids is 1. The molecule has 0 bridgehead atoms. The highest BCUT2D eigenvalue weighted by atomic mass is 16.4. The van der Waals surface area contributed by atoms with Crippen LogP contribution in [0.2, 0.25) is 0 Å². The molecule has 0 unspecified atom stereocenters. The van der Waals surface area contributed by atoms with Crippen LogP contribution in [0.3, 0.4) is 0 Å². The molecule has 0 fully saturated rings. The molecule has 0 aromatic carbocycles. The molecule has 0 aliphatic rings. The van der Waals surface area contributed by atoms with Crippen LogP contribution in [0.15, 0.2) is 12.3 Å². The van der Waals surface area contributed by atoms with Gasteiger partial charge in [0.25, 0.3) is 5.91 Å². The largest absolute Gasteiger partial charge is 0.480 e. The summed E-state index contributed by atoms with van der Waals surface area (Å²) in [6.07, 6.45) is 1.46.